The second kappa shape index (κ2) is 7.62. The van der Waals surface area contributed by atoms with Crippen molar-refractivity contribution in [3.05, 3.63) is 67.1 Å². The number of anilines is 1. The molecule has 22 heavy (non-hydrogen) atoms. The van der Waals surface area contributed by atoms with E-state index in [0.717, 1.165) is 27.7 Å². The first-order valence-electron chi connectivity index (χ1n) is 7.14. The maximum Gasteiger partial charge on any atom is 0.211 e. The summed E-state index contributed by atoms with van der Waals surface area (Å²) in [4.78, 5) is 15.4. The maximum atomic E-state index is 10.8. The molecule has 0 unspecified atom stereocenters. The zero-order chi connectivity index (χ0) is 15.5. The number of nitrogens with one attached hydrogen (secondary N) is 1. The Morgan fingerprint density at radius 2 is 2.14 bits per heavy atom. The topological polar surface area (TPSA) is 42.0 Å². The number of rotatable bonds is 3. The molecule has 1 radical (unpaired) electrons. The molecule has 0 bridgehead atoms. The average Bonchev–Trinajstić information content (AvgIpc) is 2.54. The van der Waals surface area contributed by atoms with E-state index in [1.54, 1.807) is 12.1 Å². The van der Waals surface area contributed by atoms with Crippen LogP contribution in [0.5, 0.6) is 0 Å². The Labute approximate surface area is 156 Å². The van der Waals surface area contributed by atoms with Gasteiger partial charge >= 0.3 is 0 Å². The third-order valence-electron chi connectivity index (χ3n) is 3.31. The van der Waals surface area contributed by atoms with E-state index in [0.29, 0.717) is 12.1 Å². The largest absolute Gasteiger partial charge is 0.341 e. The van der Waals surface area contributed by atoms with Crippen LogP contribution < -0.4 is 5.32 Å². The molecule has 107 valence electrons. The minimum atomic E-state index is -0.829. The molecular formula is C18H14N2OY-2. The molecule has 1 amide bonds. The molecule has 1 aromatic heterocycles. The van der Waals surface area contributed by atoms with E-state index in [2.05, 4.69) is 23.3 Å². The molecule has 1 N–H and O–H groups in total. The Balaban J connectivity index is 0.00000192. The van der Waals surface area contributed by atoms with E-state index in [1.165, 1.54) is 0 Å². The zero-order valence-corrected chi connectivity index (χ0v) is 14.8. The first-order chi connectivity index (χ1) is 10.7. The van der Waals surface area contributed by atoms with Crippen molar-refractivity contribution in [1.29, 1.82) is 0 Å². The van der Waals surface area contributed by atoms with Gasteiger partial charge in [-0.3, -0.25) is 9.78 Å². The van der Waals surface area contributed by atoms with Crippen molar-refractivity contribution in [2.75, 3.05) is 5.32 Å². The van der Waals surface area contributed by atoms with Gasteiger partial charge in [0.15, 0.2) is 0 Å². The molecule has 3 aromatic rings. The molecule has 0 aliphatic carbocycles. The van der Waals surface area contributed by atoms with E-state index >= 15 is 0 Å². The molecule has 2 aromatic carbocycles. The number of carbonyl (C=O) groups excluding carboxylic acids is 1. The molecule has 0 atom stereocenters. The standard InChI is InChI=1S/C18H14N2O.Y/c1-2-13-4-3-5-14(10-13)17-8-6-15-11-16(19-12-21)7-9-18(15)20-17;/h3,5-12H,1-2H2,(H,19,21);/q-2;/i12T;. The minimum absolute atomic E-state index is 0. The van der Waals surface area contributed by atoms with Crippen molar-refractivity contribution in [3.63, 3.8) is 0 Å². The van der Waals surface area contributed by atoms with Gasteiger partial charge in [-0.2, -0.15) is 36.2 Å². The van der Waals surface area contributed by atoms with Gasteiger partial charge in [-0.25, -0.2) is 0 Å². The smallest absolute Gasteiger partial charge is 0.211 e. The summed E-state index contributed by atoms with van der Waals surface area (Å²) in [5.74, 6) is 0. The average molecular weight is 365 g/mol. The predicted octanol–water partition coefficient (Wildman–Crippen LogP) is 3.64. The number of aromatic nitrogens is 1. The number of carbonyl (C=O) groups is 1. The van der Waals surface area contributed by atoms with Gasteiger partial charge in [0.05, 0.1) is 5.52 Å². The molecule has 0 fully saturated rings. The SMILES string of the molecule is [3H]C(=O)Nc1ccc2nc(-c3cc[c-]c(C[CH2-])c3)ccc2c1.[Y]. The monoisotopic (exact) mass is 365 g/mol. The summed E-state index contributed by atoms with van der Waals surface area (Å²) in [5, 5.41) is 3.36. The molecule has 3 rings (SSSR count). The number of pyridine rings is 1. The number of benzene rings is 2. The summed E-state index contributed by atoms with van der Waals surface area (Å²) in [6.07, 6.45) is -0.136. The van der Waals surface area contributed by atoms with Gasteiger partial charge in [0.25, 0.3) is 0 Å². The van der Waals surface area contributed by atoms with Gasteiger partial charge in [0.1, 0.15) is 1.37 Å². The van der Waals surface area contributed by atoms with Crippen LogP contribution in [0.3, 0.4) is 0 Å². The molecule has 1 heterocycles. The molecule has 0 aliphatic heterocycles. The second-order valence-electron chi connectivity index (χ2n) is 4.68. The summed E-state index contributed by atoms with van der Waals surface area (Å²) in [6, 6.07) is 18.3. The van der Waals surface area contributed by atoms with Crippen molar-refractivity contribution in [2.45, 2.75) is 6.42 Å². The fourth-order valence-corrected chi connectivity index (χ4v) is 2.24. The van der Waals surface area contributed by atoms with Crippen molar-refractivity contribution in [2.24, 2.45) is 0 Å². The Kier molecular flexibility index (Phi) is 5.30. The van der Waals surface area contributed by atoms with Gasteiger partial charge in [0.2, 0.25) is 6.39 Å². The number of hydrogen-bond donors (Lipinski definition) is 1. The second-order valence-corrected chi connectivity index (χ2v) is 4.68. The molecule has 0 spiro atoms. The van der Waals surface area contributed by atoms with E-state index in [4.69, 9.17) is 1.37 Å². The molecule has 4 heteroatoms. The van der Waals surface area contributed by atoms with Gasteiger partial charge in [-0.05, 0) is 24.3 Å². The van der Waals surface area contributed by atoms with Crippen LogP contribution in [0.15, 0.2) is 48.5 Å². The third kappa shape index (κ3) is 3.60. The van der Waals surface area contributed by atoms with Gasteiger partial charge in [0, 0.05) is 49.5 Å². The van der Waals surface area contributed by atoms with Crippen molar-refractivity contribution in [1.82, 2.24) is 4.98 Å². The summed E-state index contributed by atoms with van der Waals surface area (Å²) in [5.41, 5.74) is 4.39. The third-order valence-corrected chi connectivity index (χ3v) is 3.31. The predicted molar refractivity (Wildman–Crippen MR) is 84.8 cm³/mol. The van der Waals surface area contributed by atoms with E-state index in [1.807, 2.05) is 36.4 Å². The van der Waals surface area contributed by atoms with Crippen LogP contribution >= 0.6 is 0 Å². The molecule has 0 saturated carbocycles. The van der Waals surface area contributed by atoms with E-state index in [-0.39, 0.29) is 32.7 Å². The van der Waals surface area contributed by atoms with Crippen LogP contribution in [0.2, 0.25) is 0 Å². The van der Waals surface area contributed by atoms with Crippen LogP contribution in [0, 0.1) is 13.0 Å². The first-order valence-corrected chi connectivity index (χ1v) is 6.64. The Morgan fingerprint density at radius 1 is 1.27 bits per heavy atom. The summed E-state index contributed by atoms with van der Waals surface area (Å²) in [7, 11) is 0. The zero-order valence-electron chi connectivity index (χ0n) is 13.0. The first kappa shape index (κ1) is 15.3. The number of nitrogens with zero attached hydrogens (tertiary/aromatic N) is 1. The van der Waals surface area contributed by atoms with Crippen LogP contribution in [0.1, 0.15) is 6.93 Å². The Bertz CT molecular complexity index is 851. The Morgan fingerprint density at radius 3 is 2.91 bits per heavy atom. The number of hydrogen-bond acceptors (Lipinski definition) is 2. The van der Waals surface area contributed by atoms with Gasteiger partial charge < -0.3 is 12.2 Å². The van der Waals surface area contributed by atoms with Crippen molar-refractivity contribution in [3.8, 4) is 11.3 Å². The molecule has 3 nitrogen and oxygen atoms in total. The summed E-state index contributed by atoms with van der Waals surface area (Å²) in [6.45, 7) is 3.87. The normalized spacial score (nSPS) is 10.7. The minimum Gasteiger partial charge on any atom is -0.341 e. The number of amides is 1. The van der Waals surface area contributed by atoms with Gasteiger partial charge in [-0.1, -0.05) is 6.07 Å². The van der Waals surface area contributed by atoms with E-state index in [9.17, 15) is 4.79 Å². The number of fused-ring (bicyclic) bond motifs is 1. The van der Waals surface area contributed by atoms with Gasteiger partial charge in [-0.15, -0.1) is 5.56 Å². The van der Waals surface area contributed by atoms with Crippen LogP contribution in [-0.2, 0) is 43.9 Å². The fourth-order valence-electron chi connectivity index (χ4n) is 2.24. The van der Waals surface area contributed by atoms with Crippen molar-refractivity contribution < 1.29 is 38.9 Å². The van der Waals surface area contributed by atoms with Crippen LogP contribution in [0.25, 0.3) is 22.2 Å². The van der Waals surface area contributed by atoms with Crippen LogP contribution in [-0.4, -0.2) is 11.4 Å². The van der Waals surface area contributed by atoms with Crippen LogP contribution in [0.4, 0.5) is 5.69 Å². The quantitative estimate of drug-likeness (QED) is 0.569. The summed E-state index contributed by atoms with van der Waals surface area (Å²) >= 11 is 0. The van der Waals surface area contributed by atoms with E-state index < -0.39 is 6.39 Å². The van der Waals surface area contributed by atoms with Crippen molar-refractivity contribution >= 4 is 23.0 Å². The Hall–Kier alpha value is -1.58. The molecule has 0 saturated heterocycles. The fraction of sp³-hybridized carbons (Fsp3) is 0.0556. The summed E-state index contributed by atoms with van der Waals surface area (Å²) < 4.78 is 6.93. The molecular weight excluding hydrogens is 349 g/mol. The maximum absolute atomic E-state index is 10.8. The molecule has 0 aliphatic rings.